The molecule has 4 aromatic rings. The second kappa shape index (κ2) is 8.68. The zero-order valence-corrected chi connectivity index (χ0v) is 19.2. The maximum Gasteiger partial charge on any atom is 0.264 e. The summed E-state index contributed by atoms with van der Waals surface area (Å²) in [6, 6.07) is 16.0. The Labute approximate surface area is 198 Å². The summed E-state index contributed by atoms with van der Waals surface area (Å²) in [5, 5.41) is 4.06. The van der Waals surface area contributed by atoms with E-state index in [1.54, 1.807) is 42.5 Å². The van der Waals surface area contributed by atoms with Crippen LogP contribution in [-0.2, 0) is 10.0 Å². The van der Waals surface area contributed by atoms with Gasteiger partial charge in [-0.25, -0.2) is 18.4 Å². The van der Waals surface area contributed by atoms with Crippen LogP contribution in [0.4, 0.5) is 17.3 Å². The first-order chi connectivity index (χ1) is 14.7. The van der Waals surface area contributed by atoms with Crippen LogP contribution < -0.4 is 10.0 Å². The van der Waals surface area contributed by atoms with E-state index in [0.29, 0.717) is 26.8 Å². The molecule has 0 aliphatic carbocycles. The molecule has 0 bridgehead atoms. The number of aromatic nitrogens is 2. The van der Waals surface area contributed by atoms with Crippen molar-refractivity contribution < 1.29 is 8.42 Å². The maximum atomic E-state index is 13.0. The van der Waals surface area contributed by atoms with Crippen LogP contribution >= 0.6 is 46.4 Å². The first-order valence-electron chi connectivity index (χ1n) is 8.69. The van der Waals surface area contributed by atoms with Crippen molar-refractivity contribution in [2.75, 3.05) is 10.0 Å². The lowest BCUT2D eigenvalue weighted by atomic mass is 10.3. The zero-order valence-electron chi connectivity index (χ0n) is 15.4. The fourth-order valence-corrected chi connectivity index (χ4v) is 5.09. The monoisotopic (exact) mass is 512 g/mol. The third-order valence-electron chi connectivity index (χ3n) is 4.11. The minimum Gasteiger partial charge on any atom is -0.337 e. The number of sulfonamides is 1. The summed E-state index contributed by atoms with van der Waals surface area (Å²) in [6.45, 7) is 0. The zero-order chi connectivity index (χ0) is 22.2. The van der Waals surface area contributed by atoms with Crippen molar-refractivity contribution in [2.45, 2.75) is 4.90 Å². The van der Waals surface area contributed by atoms with Crippen LogP contribution in [0.1, 0.15) is 0 Å². The molecule has 4 rings (SSSR count). The fraction of sp³-hybridized carbons (Fsp3) is 0. The van der Waals surface area contributed by atoms with Crippen LogP contribution in [0.2, 0.25) is 20.1 Å². The van der Waals surface area contributed by atoms with Gasteiger partial charge >= 0.3 is 0 Å². The smallest absolute Gasteiger partial charge is 0.264 e. The summed E-state index contributed by atoms with van der Waals surface area (Å²) < 4.78 is 28.5. The molecule has 0 amide bonds. The average Bonchev–Trinajstić information content (AvgIpc) is 2.69. The molecule has 0 atom stereocenters. The summed E-state index contributed by atoms with van der Waals surface area (Å²) in [4.78, 5) is 8.74. The third kappa shape index (κ3) is 4.97. The molecule has 31 heavy (non-hydrogen) atoms. The fourth-order valence-electron chi connectivity index (χ4n) is 2.79. The Morgan fingerprint density at radius 2 is 1.32 bits per heavy atom. The first-order valence-corrected chi connectivity index (χ1v) is 11.7. The highest BCUT2D eigenvalue weighted by atomic mass is 35.5. The van der Waals surface area contributed by atoms with Gasteiger partial charge in [0.25, 0.3) is 10.0 Å². The van der Waals surface area contributed by atoms with E-state index in [-0.39, 0.29) is 26.6 Å². The van der Waals surface area contributed by atoms with E-state index < -0.39 is 10.0 Å². The van der Waals surface area contributed by atoms with Crippen LogP contribution in [0.3, 0.4) is 0 Å². The minimum atomic E-state index is -4.13. The molecule has 3 aromatic carbocycles. The van der Waals surface area contributed by atoms with Crippen molar-refractivity contribution in [1.82, 2.24) is 9.97 Å². The van der Waals surface area contributed by atoms with Gasteiger partial charge in [-0.05, 0) is 48.5 Å². The van der Waals surface area contributed by atoms with Gasteiger partial charge in [0.05, 0.1) is 16.1 Å². The number of para-hydroxylation sites is 2. The van der Waals surface area contributed by atoms with E-state index in [1.807, 2.05) is 0 Å². The Morgan fingerprint density at radius 3 is 1.97 bits per heavy atom. The highest BCUT2D eigenvalue weighted by Gasteiger charge is 2.22. The largest absolute Gasteiger partial charge is 0.337 e. The second-order valence-corrected chi connectivity index (χ2v) is 9.74. The molecule has 11 heteroatoms. The van der Waals surface area contributed by atoms with E-state index in [0.717, 1.165) is 0 Å². The van der Waals surface area contributed by atoms with Crippen LogP contribution in [-0.4, -0.2) is 18.4 Å². The van der Waals surface area contributed by atoms with Crippen molar-refractivity contribution in [3.8, 4) is 0 Å². The molecular weight excluding hydrogens is 502 g/mol. The van der Waals surface area contributed by atoms with Crippen molar-refractivity contribution >= 4 is 84.8 Å². The number of hydrogen-bond donors (Lipinski definition) is 2. The molecule has 0 aliphatic rings. The van der Waals surface area contributed by atoms with Gasteiger partial charge in [-0.1, -0.05) is 58.5 Å². The number of anilines is 3. The van der Waals surface area contributed by atoms with Gasteiger partial charge in [-0.3, -0.25) is 4.72 Å². The number of nitrogens with one attached hydrogen (secondary N) is 2. The third-order valence-corrected chi connectivity index (χ3v) is 6.60. The summed E-state index contributed by atoms with van der Waals surface area (Å²) in [6.07, 6.45) is 0. The Bertz CT molecular complexity index is 1390. The van der Waals surface area contributed by atoms with Gasteiger partial charge in [0.1, 0.15) is 4.90 Å². The quantitative estimate of drug-likeness (QED) is 0.307. The lowest BCUT2D eigenvalue weighted by Crippen LogP contribution is -2.16. The van der Waals surface area contributed by atoms with Gasteiger partial charge in [-0.2, -0.15) is 0 Å². The molecule has 1 aromatic heterocycles. The minimum absolute atomic E-state index is 0.0155. The topological polar surface area (TPSA) is 84.0 Å². The number of hydrogen-bond acceptors (Lipinski definition) is 5. The highest BCUT2D eigenvalue weighted by molar-refractivity contribution is 7.92. The van der Waals surface area contributed by atoms with Crippen molar-refractivity contribution in [3.63, 3.8) is 0 Å². The van der Waals surface area contributed by atoms with Gasteiger partial charge < -0.3 is 5.32 Å². The van der Waals surface area contributed by atoms with Crippen molar-refractivity contribution in [2.24, 2.45) is 0 Å². The Hall–Kier alpha value is -2.29. The molecule has 0 spiro atoms. The lowest BCUT2D eigenvalue weighted by molar-refractivity contribution is 0.601. The predicted molar refractivity (Wildman–Crippen MR) is 127 cm³/mol. The molecule has 1 heterocycles. The molecule has 0 unspecified atom stereocenters. The van der Waals surface area contributed by atoms with E-state index in [1.165, 1.54) is 18.2 Å². The second-order valence-electron chi connectivity index (χ2n) is 6.37. The standard InChI is InChI=1S/C20H12Cl4N4O2S/c21-11-5-6-15(24)18(10-11)31(29,30)28-20-19(25-14-8-12(22)7-13(23)9-14)26-16-3-1-2-4-17(16)27-20/h1-10H,(H,25,26)(H,27,28). The summed E-state index contributed by atoms with van der Waals surface area (Å²) in [5.74, 6) is 0.115. The van der Waals surface area contributed by atoms with Gasteiger partial charge in [0.15, 0.2) is 11.6 Å². The number of fused-ring (bicyclic) bond motifs is 1. The van der Waals surface area contributed by atoms with Crippen LogP contribution in [0.25, 0.3) is 11.0 Å². The average molecular weight is 514 g/mol. The maximum absolute atomic E-state index is 13.0. The van der Waals surface area contributed by atoms with Gasteiger partial charge in [0, 0.05) is 20.8 Å². The summed E-state index contributed by atoms with van der Waals surface area (Å²) in [5.41, 5.74) is 1.55. The van der Waals surface area contributed by atoms with E-state index in [9.17, 15) is 8.42 Å². The number of nitrogens with zero attached hydrogens (tertiary/aromatic N) is 2. The van der Waals surface area contributed by atoms with Crippen molar-refractivity contribution in [1.29, 1.82) is 0 Å². The van der Waals surface area contributed by atoms with E-state index in [4.69, 9.17) is 46.4 Å². The first kappa shape index (κ1) is 21.9. The molecule has 0 fully saturated rings. The predicted octanol–water partition coefficient (Wildman–Crippen LogP) is 6.79. The Balaban J connectivity index is 1.82. The SMILES string of the molecule is O=S(=O)(Nc1nc2ccccc2nc1Nc1cc(Cl)cc(Cl)c1)c1cc(Cl)ccc1Cl. The molecule has 0 aliphatic heterocycles. The molecule has 6 nitrogen and oxygen atoms in total. The number of rotatable bonds is 5. The molecule has 2 N–H and O–H groups in total. The van der Waals surface area contributed by atoms with Gasteiger partial charge in [-0.15, -0.1) is 0 Å². The molecule has 0 saturated heterocycles. The molecular formula is C20H12Cl4N4O2S. The van der Waals surface area contributed by atoms with E-state index >= 15 is 0 Å². The van der Waals surface area contributed by atoms with Gasteiger partial charge in [0.2, 0.25) is 0 Å². The van der Waals surface area contributed by atoms with Crippen molar-refractivity contribution in [3.05, 3.63) is 80.8 Å². The molecule has 0 radical (unpaired) electrons. The van der Waals surface area contributed by atoms with Crippen LogP contribution in [0, 0.1) is 0 Å². The lowest BCUT2D eigenvalue weighted by Gasteiger charge is -2.15. The van der Waals surface area contributed by atoms with E-state index in [2.05, 4.69) is 20.0 Å². The normalized spacial score (nSPS) is 11.5. The van der Waals surface area contributed by atoms with Crippen LogP contribution in [0.5, 0.6) is 0 Å². The molecule has 158 valence electrons. The Kier molecular flexibility index (Phi) is 6.14. The Morgan fingerprint density at radius 1 is 0.710 bits per heavy atom. The number of halogens is 4. The number of benzene rings is 3. The summed E-state index contributed by atoms with van der Waals surface area (Å²) >= 11 is 24.2. The van der Waals surface area contributed by atoms with Crippen LogP contribution in [0.15, 0.2) is 65.6 Å². The highest BCUT2D eigenvalue weighted by Crippen LogP contribution is 2.31. The molecule has 0 saturated carbocycles. The summed E-state index contributed by atoms with van der Waals surface area (Å²) in [7, 11) is -4.13.